The molecular weight excluding hydrogens is 360 g/mol. The molecule has 3 aromatic rings. The molecule has 2 N–H and O–H groups in total. The van der Waals surface area contributed by atoms with Crippen LogP contribution in [0.5, 0.6) is 0 Å². The molecule has 1 unspecified atom stereocenters. The smallest absolute Gasteiger partial charge is 0.338 e. The molecule has 10 heteroatoms. The van der Waals surface area contributed by atoms with E-state index in [4.69, 9.17) is 16.7 Å². The third-order valence-electron chi connectivity index (χ3n) is 3.65. The minimum atomic E-state index is -1.11. The Labute approximate surface area is 153 Å². The van der Waals surface area contributed by atoms with Gasteiger partial charge in [-0.3, -0.25) is 14.8 Å². The lowest BCUT2D eigenvalue weighted by Crippen LogP contribution is -2.24. The van der Waals surface area contributed by atoms with Gasteiger partial charge in [0.2, 0.25) is 5.95 Å². The average molecular weight is 375 g/mol. The summed E-state index contributed by atoms with van der Waals surface area (Å²) in [5.41, 5.74) is 0.998. The van der Waals surface area contributed by atoms with Gasteiger partial charge in [-0.25, -0.2) is 14.5 Å². The van der Waals surface area contributed by atoms with Gasteiger partial charge in [0.25, 0.3) is 5.91 Å². The largest absolute Gasteiger partial charge is 0.478 e. The van der Waals surface area contributed by atoms with Gasteiger partial charge < -0.3 is 5.11 Å². The number of aromatic carboxylic acids is 1. The van der Waals surface area contributed by atoms with Crippen molar-refractivity contribution in [2.75, 3.05) is 5.32 Å². The summed E-state index contributed by atoms with van der Waals surface area (Å²) < 4.78 is 2.85. The van der Waals surface area contributed by atoms with Crippen LogP contribution >= 0.6 is 11.6 Å². The first-order valence-corrected chi connectivity index (χ1v) is 8.02. The zero-order chi connectivity index (χ0) is 18.7. The second-order valence-corrected chi connectivity index (χ2v) is 6.01. The van der Waals surface area contributed by atoms with Crippen LogP contribution in [0.25, 0.3) is 0 Å². The lowest BCUT2D eigenvalue weighted by molar-refractivity contribution is -0.119. The van der Waals surface area contributed by atoms with E-state index in [1.807, 2.05) is 12.1 Å². The number of hydrogen-bond donors (Lipinski definition) is 2. The maximum atomic E-state index is 12.3. The zero-order valence-corrected chi connectivity index (χ0v) is 14.5. The minimum absolute atomic E-state index is 0.00928. The number of amides is 1. The summed E-state index contributed by atoms with van der Waals surface area (Å²) in [6.45, 7) is 2.08. The molecule has 0 aliphatic heterocycles. The van der Waals surface area contributed by atoms with Crippen LogP contribution in [-0.2, 0) is 11.3 Å². The molecule has 134 valence electrons. The number of carbonyl (C=O) groups excluding carboxylic acids is 1. The average Bonchev–Trinajstić information content (AvgIpc) is 3.26. The molecule has 2 aromatic heterocycles. The maximum absolute atomic E-state index is 12.3. The van der Waals surface area contributed by atoms with Crippen LogP contribution in [0.1, 0.15) is 28.9 Å². The van der Waals surface area contributed by atoms with Crippen molar-refractivity contribution in [2.24, 2.45) is 0 Å². The van der Waals surface area contributed by atoms with Crippen molar-refractivity contribution in [3.63, 3.8) is 0 Å². The number of anilines is 1. The number of rotatable bonds is 6. The number of carboxylic acids is 1. The first kappa shape index (κ1) is 17.6. The van der Waals surface area contributed by atoms with E-state index in [2.05, 4.69) is 20.5 Å². The van der Waals surface area contributed by atoms with E-state index < -0.39 is 17.9 Å². The van der Waals surface area contributed by atoms with E-state index in [9.17, 15) is 9.59 Å². The lowest BCUT2D eigenvalue weighted by Gasteiger charge is -2.10. The quantitative estimate of drug-likeness (QED) is 0.682. The molecule has 3 rings (SSSR count). The molecule has 0 aliphatic carbocycles. The van der Waals surface area contributed by atoms with Crippen molar-refractivity contribution in [2.45, 2.75) is 19.5 Å². The first-order chi connectivity index (χ1) is 12.4. The van der Waals surface area contributed by atoms with E-state index in [-0.39, 0.29) is 11.5 Å². The molecule has 0 spiro atoms. The van der Waals surface area contributed by atoms with Crippen molar-refractivity contribution >= 4 is 29.4 Å². The van der Waals surface area contributed by atoms with Crippen molar-refractivity contribution in [3.05, 3.63) is 59.1 Å². The van der Waals surface area contributed by atoms with E-state index in [1.54, 1.807) is 23.7 Å². The number of hydrogen-bond acceptors (Lipinski definition) is 5. The maximum Gasteiger partial charge on any atom is 0.338 e. The molecule has 0 saturated heterocycles. The summed E-state index contributed by atoms with van der Waals surface area (Å²) in [5, 5.41) is 20.2. The topological polar surface area (TPSA) is 115 Å². The Morgan fingerprint density at radius 3 is 2.69 bits per heavy atom. The fraction of sp³-hybridized carbons (Fsp3) is 0.188. The molecular formula is C16H15ClN6O3. The summed E-state index contributed by atoms with van der Waals surface area (Å²) >= 11 is 5.85. The van der Waals surface area contributed by atoms with Crippen LogP contribution in [0.15, 0.2) is 43.0 Å². The lowest BCUT2D eigenvalue weighted by atomic mass is 10.2. The molecule has 26 heavy (non-hydrogen) atoms. The standard InChI is InChI=1S/C16H15ClN6O3/c1-10(23-8-12(6-19-23)15(25)26)14(24)20-16-18-9-22(21-16)7-11-2-4-13(17)5-3-11/h2-6,8-10H,7H2,1H3,(H,25,26)(H,20,21,24). The third-order valence-corrected chi connectivity index (χ3v) is 3.91. The monoisotopic (exact) mass is 374 g/mol. The second kappa shape index (κ2) is 7.36. The summed E-state index contributed by atoms with van der Waals surface area (Å²) in [7, 11) is 0. The van der Waals surface area contributed by atoms with Crippen LogP contribution in [0.4, 0.5) is 5.95 Å². The highest BCUT2D eigenvalue weighted by Gasteiger charge is 2.19. The zero-order valence-electron chi connectivity index (χ0n) is 13.7. The fourth-order valence-electron chi connectivity index (χ4n) is 2.20. The molecule has 2 heterocycles. The molecule has 0 radical (unpaired) electrons. The molecule has 9 nitrogen and oxygen atoms in total. The van der Waals surface area contributed by atoms with Gasteiger partial charge in [-0.15, -0.1) is 5.10 Å². The Hall–Kier alpha value is -3.20. The van der Waals surface area contributed by atoms with E-state index in [1.165, 1.54) is 23.4 Å². The summed E-state index contributed by atoms with van der Waals surface area (Å²) in [6, 6.07) is 6.61. The molecule has 0 bridgehead atoms. The molecule has 1 atom stereocenters. The van der Waals surface area contributed by atoms with Crippen LogP contribution in [0, 0.1) is 0 Å². The van der Waals surface area contributed by atoms with Gasteiger partial charge >= 0.3 is 5.97 Å². The first-order valence-electron chi connectivity index (χ1n) is 7.64. The van der Waals surface area contributed by atoms with Crippen LogP contribution in [0.2, 0.25) is 5.02 Å². The van der Waals surface area contributed by atoms with Crippen molar-refractivity contribution in [3.8, 4) is 0 Å². The third kappa shape index (κ3) is 4.06. The molecule has 1 amide bonds. The highest BCUT2D eigenvalue weighted by molar-refractivity contribution is 6.30. The number of nitrogens with one attached hydrogen (secondary N) is 1. The van der Waals surface area contributed by atoms with Gasteiger partial charge in [-0.2, -0.15) is 5.10 Å². The van der Waals surface area contributed by atoms with Crippen LogP contribution in [0.3, 0.4) is 0 Å². The normalized spacial score (nSPS) is 11.9. The summed E-state index contributed by atoms with van der Waals surface area (Å²) in [5.74, 6) is -1.36. The molecule has 0 aliphatic rings. The van der Waals surface area contributed by atoms with Gasteiger partial charge in [0, 0.05) is 11.2 Å². The SMILES string of the molecule is CC(C(=O)Nc1ncn(Cc2ccc(Cl)cc2)n1)n1cc(C(=O)O)cn1. The van der Waals surface area contributed by atoms with Gasteiger partial charge in [-0.05, 0) is 24.6 Å². The number of carboxylic acid groups (broad SMARTS) is 1. The number of halogens is 1. The predicted molar refractivity (Wildman–Crippen MR) is 93.1 cm³/mol. The van der Waals surface area contributed by atoms with E-state index in [0.29, 0.717) is 11.6 Å². The molecule has 0 fully saturated rings. The van der Waals surface area contributed by atoms with Gasteiger partial charge in [0.15, 0.2) is 0 Å². The Balaban J connectivity index is 1.63. The van der Waals surface area contributed by atoms with Crippen molar-refractivity contribution in [1.82, 2.24) is 24.5 Å². The Bertz CT molecular complexity index is 934. The molecule has 1 aromatic carbocycles. The summed E-state index contributed by atoms with van der Waals surface area (Å²) in [4.78, 5) is 27.2. The summed E-state index contributed by atoms with van der Waals surface area (Å²) in [6.07, 6.45) is 3.98. The number of benzene rings is 1. The highest BCUT2D eigenvalue weighted by Crippen LogP contribution is 2.12. The van der Waals surface area contributed by atoms with Crippen molar-refractivity contribution in [1.29, 1.82) is 0 Å². The van der Waals surface area contributed by atoms with Crippen LogP contribution < -0.4 is 5.32 Å². The van der Waals surface area contributed by atoms with E-state index in [0.717, 1.165) is 5.56 Å². The predicted octanol–water partition coefficient (Wildman–Crippen LogP) is 2.07. The Morgan fingerprint density at radius 2 is 2.04 bits per heavy atom. The number of aromatic nitrogens is 5. The second-order valence-electron chi connectivity index (χ2n) is 5.57. The Morgan fingerprint density at radius 1 is 1.31 bits per heavy atom. The Kier molecular flexibility index (Phi) is 4.99. The minimum Gasteiger partial charge on any atom is -0.478 e. The van der Waals surface area contributed by atoms with Crippen LogP contribution in [-0.4, -0.2) is 41.5 Å². The van der Waals surface area contributed by atoms with E-state index >= 15 is 0 Å². The van der Waals surface area contributed by atoms with Gasteiger partial charge in [0.1, 0.15) is 12.4 Å². The van der Waals surface area contributed by atoms with Gasteiger partial charge in [-0.1, -0.05) is 23.7 Å². The number of nitrogens with zero attached hydrogens (tertiary/aromatic N) is 5. The number of carbonyl (C=O) groups is 2. The highest BCUT2D eigenvalue weighted by atomic mass is 35.5. The molecule has 0 saturated carbocycles. The van der Waals surface area contributed by atoms with Gasteiger partial charge in [0.05, 0.1) is 18.3 Å². The van der Waals surface area contributed by atoms with Crippen molar-refractivity contribution < 1.29 is 14.7 Å². The fourth-order valence-corrected chi connectivity index (χ4v) is 2.33.